The summed E-state index contributed by atoms with van der Waals surface area (Å²) in [6.45, 7) is 1.32. The van der Waals surface area contributed by atoms with Crippen LogP contribution in [0.2, 0.25) is 5.15 Å². The second kappa shape index (κ2) is 7.42. The maximum atomic E-state index is 14.6. The molecule has 4 aromatic rings. The third-order valence-corrected chi connectivity index (χ3v) is 4.79. The van der Waals surface area contributed by atoms with Crippen LogP contribution in [0, 0.1) is 23.0 Å². The van der Waals surface area contributed by atoms with Gasteiger partial charge in [-0.05, 0) is 25.1 Å². The van der Waals surface area contributed by atoms with E-state index in [1.807, 2.05) is 6.07 Å². The Hall–Kier alpha value is -3.88. The van der Waals surface area contributed by atoms with Crippen molar-refractivity contribution in [2.75, 3.05) is 11.1 Å². The molecule has 0 fully saturated rings. The minimum absolute atomic E-state index is 0.0211. The molecular formula is C19H13ClF2N8O. The Kier molecular flexibility index (Phi) is 4.88. The Balaban J connectivity index is 1.95. The van der Waals surface area contributed by atoms with E-state index in [4.69, 9.17) is 17.3 Å². The van der Waals surface area contributed by atoms with Crippen LogP contribution < -0.4 is 11.1 Å². The van der Waals surface area contributed by atoms with Crippen LogP contribution in [-0.4, -0.2) is 29.7 Å². The molecule has 1 atom stereocenters. The van der Waals surface area contributed by atoms with Crippen molar-refractivity contribution in [3.05, 3.63) is 64.7 Å². The minimum atomic E-state index is -1.98. The standard InChI is InChI=1S/C19H13ClF2N8O/c1-19(31,28-18-10(6-23)17(24)26-8-27-18)11-5-14-25-7-13(20)30(14)29-16(11)9-3-2-4-12(21)15(9)22/h2-5,7-8,31H,1H3,(H3,24,26,27,28)/t19-/m1/s1. The molecule has 31 heavy (non-hydrogen) atoms. The second-order valence-electron chi connectivity index (χ2n) is 6.65. The molecule has 0 aliphatic rings. The Morgan fingerprint density at radius 1 is 1.29 bits per heavy atom. The van der Waals surface area contributed by atoms with Gasteiger partial charge in [0.1, 0.15) is 29.5 Å². The Morgan fingerprint density at radius 3 is 2.81 bits per heavy atom. The molecule has 156 valence electrons. The fourth-order valence-electron chi connectivity index (χ4n) is 3.05. The van der Waals surface area contributed by atoms with Gasteiger partial charge in [0.05, 0.1) is 6.20 Å². The number of nitriles is 1. The fraction of sp³-hybridized carbons (Fsp3) is 0.105. The smallest absolute Gasteiger partial charge is 0.168 e. The highest BCUT2D eigenvalue weighted by molar-refractivity contribution is 6.29. The summed E-state index contributed by atoms with van der Waals surface area (Å²) in [5.74, 6) is -2.41. The van der Waals surface area contributed by atoms with Crippen molar-refractivity contribution in [3.63, 3.8) is 0 Å². The van der Waals surface area contributed by atoms with Crippen LogP contribution in [0.3, 0.4) is 0 Å². The van der Waals surface area contributed by atoms with E-state index in [0.29, 0.717) is 0 Å². The summed E-state index contributed by atoms with van der Waals surface area (Å²) in [4.78, 5) is 11.8. The van der Waals surface area contributed by atoms with Crippen molar-refractivity contribution in [2.24, 2.45) is 0 Å². The van der Waals surface area contributed by atoms with Crippen LogP contribution >= 0.6 is 11.6 Å². The third kappa shape index (κ3) is 3.48. The molecule has 0 unspecified atom stereocenters. The Labute approximate surface area is 178 Å². The lowest BCUT2D eigenvalue weighted by atomic mass is 9.98. The van der Waals surface area contributed by atoms with Gasteiger partial charge >= 0.3 is 0 Å². The largest absolute Gasteiger partial charge is 0.382 e. The summed E-state index contributed by atoms with van der Waals surface area (Å²) in [7, 11) is 0. The van der Waals surface area contributed by atoms with Crippen LogP contribution in [0.4, 0.5) is 20.4 Å². The molecule has 0 aliphatic carbocycles. The van der Waals surface area contributed by atoms with Crippen LogP contribution in [0.15, 0.2) is 36.8 Å². The van der Waals surface area contributed by atoms with Gasteiger partial charge in [0.2, 0.25) is 0 Å². The van der Waals surface area contributed by atoms with Gasteiger partial charge in [-0.25, -0.2) is 28.2 Å². The van der Waals surface area contributed by atoms with Crippen LogP contribution in [0.1, 0.15) is 18.1 Å². The number of nitrogens with one attached hydrogen (secondary N) is 1. The number of anilines is 2. The van der Waals surface area contributed by atoms with Crippen molar-refractivity contribution >= 4 is 28.9 Å². The first-order valence-corrected chi connectivity index (χ1v) is 9.11. The normalized spacial score (nSPS) is 13.0. The number of aliphatic hydroxyl groups is 1. The first-order chi connectivity index (χ1) is 14.7. The van der Waals surface area contributed by atoms with Crippen molar-refractivity contribution in [2.45, 2.75) is 12.6 Å². The number of nitrogen functional groups attached to an aromatic ring is 1. The van der Waals surface area contributed by atoms with E-state index in [9.17, 15) is 19.1 Å². The van der Waals surface area contributed by atoms with E-state index in [-0.39, 0.29) is 44.8 Å². The monoisotopic (exact) mass is 442 g/mol. The topological polar surface area (TPSA) is 138 Å². The average Bonchev–Trinajstić information content (AvgIpc) is 3.09. The zero-order valence-corrected chi connectivity index (χ0v) is 16.6. The molecule has 0 radical (unpaired) electrons. The number of nitrogens with zero attached hydrogens (tertiary/aromatic N) is 6. The Bertz CT molecular complexity index is 1370. The molecule has 3 heterocycles. The fourth-order valence-corrected chi connectivity index (χ4v) is 3.22. The van der Waals surface area contributed by atoms with Gasteiger partial charge in [-0.15, -0.1) is 0 Å². The highest BCUT2D eigenvalue weighted by atomic mass is 35.5. The van der Waals surface area contributed by atoms with Gasteiger partial charge in [0.25, 0.3) is 0 Å². The molecule has 4 N–H and O–H groups in total. The van der Waals surface area contributed by atoms with Gasteiger partial charge in [-0.1, -0.05) is 17.7 Å². The van der Waals surface area contributed by atoms with Crippen LogP contribution in [-0.2, 0) is 5.72 Å². The number of hydrogen-bond donors (Lipinski definition) is 3. The summed E-state index contributed by atoms with van der Waals surface area (Å²) in [6.07, 6.45) is 2.43. The predicted molar refractivity (Wildman–Crippen MR) is 108 cm³/mol. The summed E-state index contributed by atoms with van der Waals surface area (Å²) in [5.41, 5.74) is 3.56. The number of imidazole rings is 1. The highest BCUT2D eigenvalue weighted by Crippen LogP contribution is 2.35. The maximum absolute atomic E-state index is 14.6. The predicted octanol–water partition coefficient (Wildman–Crippen LogP) is 2.85. The second-order valence-corrected chi connectivity index (χ2v) is 7.04. The van der Waals surface area contributed by atoms with Crippen molar-refractivity contribution < 1.29 is 13.9 Å². The molecular weight excluding hydrogens is 430 g/mol. The van der Waals surface area contributed by atoms with Crippen molar-refractivity contribution in [1.29, 1.82) is 5.26 Å². The van der Waals surface area contributed by atoms with Crippen LogP contribution in [0.25, 0.3) is 16.9 Å². The van der Waals surface area contributed by atoms with Gasteiger partial charge in [0, 0.05) is 11.1 Å². The molecule has 9 nitrogen and oxygen atoms in total. The van der Waals surface area contributed by atoms with E-state index in [2.05, 4.69) is 25.4 Å². The number of rotatable bonds is 4. The molecule has 0 aliphatic heterocycles. The zero-order chi connectivity index (χ0) is 22.3. The number of halogens is 3. The lowest BCUT2D eigenvalue weighted by Crippen LogP contribution is -2.33. The number of hydrogen-bond acceptors (Lipinski definition) is 8. The lowest BCUT2D eigenvalue weighted by molar-refractivity contribution is 0.0884. The minimum Gasteiger partial charge on any atom is -0.382 e. The van der Waals surface area contributed by atoms with E-state index in [1.54, 1.807) is 0 Å². The quantitative estimate of drug-likeness (QED) is 0.410. The molecule has 0 spiro atoms. The number of nitrogens with two attached hydrogens (primary N) is 1. The molecule has 4 rings (SSSR count). The SMILES string of the molecule is C[C@](O)(Nc1ncnc(N)c1C#N)c1cc2ncc(Cl)n2nc1-c1cccc(F)c1F. The van der Waals surface area contributed by atoms with E-state index in [0.717, 1.165) is 12.4 Å². The summed E-state index contributed by atoms with van der Waals surface area (Å²) < 4.78 is 29.8. The molecule has 12 heteroatoms. The van der Waals surface area contributed by atoms with Crippen molar-refractivity contribution in [1.82, 2.24) is 24.6 Å². The van der Waals surface area contributed by atoms with Gasteiger partial charge in [-0.2, -0.15) is 10.4 Å². The molecule has 0 bridgehead atoms. The number of benzene rings is 1. The molecule has 3 aromatic heterocycles. The van der Waals surface area contributed by atoms with Gasteiger partial charge in [-0.3, -0.25) is 0 Å². The molecule has 0 saturated heterocycles. The first-order valence-electron chi connectivity index (χ1n) is 8.73. The summed E-state index contributed by atoms with van der Waals surface area (Å²) in [6, 6.07) is 6.83. The first kappa shape index (κ1) is 20.4. The van der Waals surface area contributed by atoms with Gasteiger partial charge in [0.15, 0.2) is 34.0 Å². The Morgan fingerprint density at radius 2 is 2.06 bits per heavy atom. The lowest BCUT2D eigenvalue weighted by Gasteiger charge is -2.28. The van der Waals surface area contributed by atoms with E-state index >= 15 is 0 Å². The van der Waals surface area contributed by atoms with Gasteiger partial charge < -0.3 is 16.2 Å². The van der Waals surface area contributed by atoms with E-state index in [1.165, 1.54) is 35.8 Å². The van der Waals surface area contributed by atoms with E-state index < -0.39 is 17.4 Å². The molecule has 0 saturated carbocycles. The summed E-state index contributed by atoms with van der Waals surface area (Å²) >= 11 is 6.08. The number of aromatic nitrogens is 5. The summed E-state index contributed by atoms with van der Waals surface area (Å²) in [5, 5.41) is 27.7. The maximum Gasteiger partial charge on any atom is 0.168 e. The zero-order valence-electron chi connectivity index (χ0n) is 15.8. The number of fused-ring (bicyclic) bond motifs is 1. The third-order valence-electron chi connectivity index (χ3n) is 4.53. The average molecular weight is 443 g/mol. The van der Waals surface area contributed by atoms with Crippen LogP contribution in [0.5, 0.6) is 0 Å². The van der Waals surface area contributed by atoms with Crippen molar-refractivity contribution in [3.8, 4) is 17.3 Å². The molecule has 0 amide bonds. The molecule has 1 aromatic carbocycles. The highest BCUT2D eigenvalue weighted by Gasteiger charge is 2.32.